The van der Waals surface area contributed by atoms with E-state index in [1.54, 1.807) is 18.2 Å². The molecule has 6 heteroatoms. The van der Waals surface area contributed by atoms with E-state index in [4.69, 9.17) is 9.47 Å². The first-order valence-corrected chi connectivity index (χ1v) is 6.78. The number of rotatable bonds is 7. The summed E-state index contributed by atoms with van der Waals surface area (Å²) >= 11 is 0. The van der Waals surface area contributed by atoms with Gasteiger partial charge in [0, 0.05) is 19.0 Å². The molecule has 2 amide bonds. The number of methoxy groups -OCH3 is 2. The van der Waals surface area contributed by atoms with E-state index in [0.717, 1.165) is 0 Å². The Hall–Kier alpha value is -2.24. The van der Waals surface area contributed by atoms with Crippen LogP contribution in [0, 0.1) is 5.92 Å². The average Bonchev–Trinajstić information content (AvgIpc) is 2.49. The minimum atomic E-state index is -0.274. The van der Waals surface area contributed by atoms with E-state index in [2.05, 4.69) is 10.6 Å². The lowest BCUT2D eigenvalue weighted by Gasteiger charge is -2.13. The van der Waals surface area contributed by atoms with Crippen molar-refractivity contribution in [3.05, 3.63) is 23.8 Å². The molecule has 116 valence electrons. The first-order valence-electron chi connectivity index (χ1n) is 6.78. The van der Waals surface area contributed by atoms with Gasteiger partial charge in [-0.2, -0.15) is 0 Å². The lowest BCUT2D eigenvalue weighted by molar-refractivity contribution is -0.123. The molecular formula is C15H22N2O4. The number of carbonyl (C=O) groups excluding carboxylic acids is 2. The second-order valence-electron chi connectivity index (χ2n) is 4.74. The predicted molar refractivity (Wildman–Crippen MR) is 79.7 cm³/mol. The lowest BCUT2D eigenvalue weighted by Crippen LogP contribution is -2.36. The van der Waals surface area contributed by atoms with Crippen LogP contribution in [-0.4, -0.2) is 39.1 Å². The number of ether oxygens (including phenoxy) is 2. The van der Waals surface area contributed by atoms with Crippen molar-refractivity contribution in [2.24, 2.45) is 5.92 Å². The van der Waals surface area contributed by atoms with Gasteiger partial charge in [-0.25, -0.2) is 0 Å². The molecule has 0 saturated carbocycles. The Morgan fingerprint density at radius 2 is 1.76 bits per heavy atom. The van der Waals surface area contributed by atoms with Gasteiger partial charge in [0.05, 0.1) is 19.8 Å². The second-order valence-corrected chi connectivity index (χ2v) is 4.74. The Kier molecular flexibility index (Phi) is 6.52. The van der Waals surface area contributed by atoms with Crippen LogP contribution in [0.25, 0.3) is 0 Å². The average molecular weight is 294 g/mol. The molecule has 0 radical (unpaired) electrons. The molecule has 0 aliphatic heterocycles. The summed E-state index contributed by atoms with van der Waals surface area (Å²) < 4.78 is 10.4. The summed E-state index contributed by atoms with van der Waals surface area (Å²) in [6.07, 6.45) is 0. The van der Waals surface area contributed by atoms with Crippen LogP contribution in [0.15, 0.2) is 18.2 Å². The van der Waals surface area contributed by atoms with Crippen LogP contribution in [0.1, 0.15) is 24.2 Å². The van der Waals surface area contributed by atoms with E-state index in [9.17, 15) is 9.59 Å². The maximum absolute atomic E-state index is 12.1. The third-order valence-electron chi connectivity index (χ3n) is 2.88. The number of hydrogen-bond acceptors (Lipinski definition) is 4. The SMILES string of the molecule is COc1cccc(C(=O)NCCNC(=O)C(C)C)c1OC. The summed E-state index contributed by atoms with van der Waals surface area (Å²) in [7, 11) is 3.00. The van der Waals surface area contributed by atoms with Crippen LogP contribution in [0.3, 0.4) is 0 Å². The van der Waals surface area contributed by atoms with Gasteiger partial charge in [-0.05, 0) is 12.1 Å². The molecule has 21 heavy (non-hydrogen) atoms. The quantitative estimate of drug-likeness (QED) is 0.741. The zero-order valence-corrected chi connectivity index (χ0v) is 12.9. The molecule has 6 nitrogen and oxygen atoms in total. The molecule has 0 aromatic heterocycles. The van der Waals surface area contributed by atoms with Crippen molar-refractivity contribution >= 4 is 11.8 Å². The Labute approximate surface area is 124 Å². The minimum absolute atomic E-state index is 0.0387. The summed E-state index contributed by atoms with van der Waals surface area (Å²) in [4.78, 5) is 23.5. The Bertz CT molecular complexity index is 500. The molecule has 1 aromatic rings. The Morgan fingerprint density at radius 3 is 2.33 bits per heavy atom. The van der Waals surface area contributed by atoms with Gasteiger partial charge in [0.25, 0.3) is 5.91 Å². The largest absolute Gasteiger partial charge is 0.493 e. The number of para-hydroxylation sites is 1. The highest BCUT2D eigenvalue weighted by atomic mass is 16.5. The fraction of sp³-hybridized carbons (Fsp3) is 0.467. The lowest BCUT2D eigenvalue weighted by atomic mass is 10.1. The van der Waals surface area contributed by atoms with Crippen LogP contribution in [0.2, 0.25) is 0 Å². The molecule has 1 rings (SSSR count). The second kappa shape index (κ2) is 8.14. The number of carbonyl (C=O) groups is 2. The van der Waals surface area contributed by atoms with E-state index in [1.807, 2.05) is 13.8 Å². The normalized spacial score (nSPS) is 10.1. The number of nitrogens with one attached hydrogen (secondary N) is 2. The van der Waals surface area contributed by atoms with Crippen LogP contribution in [0.5, 0.6) is 11.5 Å². The monoisotopic (exact) mass is 294 g/mol. The zero-order valence-electron chi connectivity index (χ0n) is 12.9. The molecule has 0 bridgehead atoms. The molecule has 0 heterocycles. The van der Waals surface area contributed by atoms with Crippen LogP contribution in [0.4, 0.5) is 0 Å². The summed E-state index contributed by atoms with van der Waals surface area (Å²) in [5.41, 5.74) is 0.395. The van der Waals surface area contributed by atoms with Crippen molar-refractivity contribution < 1.29 is 19.1 Å². The van der Waals surface area contributed by atoms with Gasteiger partial charge in [0.2, 0.25) is 5.91 Å². The Morgan fingerprint density at radius 1 is 1.10 bits per heavy atom. The third-order valence-corrected chi connectivity index (χ3v) is 2.88. The van der Waals surface area contributed by atoms with Gasteiger partial charge < -0.3 is 20.1 Å². The van der Waals surface area contributed by atoms with Gasteiger partial charge in [-0.3, -0.25) is 9.59 Å². The van der Waals surface area contributed by atoms with Crippen molar-refractivity contribution in [3.8, 4) is 11.5 Å². The van der Waals surface area contributed by atoms with Gasteiger partial charge in [-0.15, -0.1) is 0 Å². The fourth-order valence-corrected chi connectivity index (χ4v) is 1.73. The Balaban J connectivity index is 2.58. The fourth-order valence-electron chi connectivity index (χ4n) is 1.73. The highest BCUT2D eigenvalue weighted by Gasteiger charge is 2.15. The summed E-state index contributed by atoms with van der Waals surface area (Å²) in [5.74, 6) is 0.508. The van der Waals surface area contributed by atoms with Gasteiger partial charge in [0.1, 0.15) is 0 Å². The number of benzene rings is 1. The first kappa shape index (κ1) is 16.8. The first-order chi connectivity index (χ1) is 10.0. The highest BCUT2D eigenvalue weighted by molar-refractivity contribution is 5.97. The molecule has 0 aliphatic carbocycles. The molecule has 0 atom stereocenters. The molecule has 0 spiro atoms. The van der Waals surface area contributed by atoms with Crippen molar-refractivity contribution in [2.45, 2.75) is 13.8 Å². The minimum Gasteiger partial charge on any atom is -0.493 e. The van der Waals surface area contributed by atoms with E-state index in [-0.39, 0.29) is 17.7 Å². The zero-order chi connectivity index (χ0) is 15.8. The predicted octanol–water partition coefficient (Wildman–Crippen LogP) is 1.21. The number of hydrogen-bond donors (Lipinski definition) is 2. The maximum atomic E-state index is 12.1. The van der Waals surface area contributed by atoms with Crippen LogP contribution < -0.4 is 20.1 Å². The van der Waals surface area contributed by atoms with Crippen molar-refractivity contribution in [1.29, 1.82) is 0 Å². The molecule has 2 N–H and O–H groups in total. The van der Waals surface area contributed by atoms with Crippen molar-refractivity contribution in [3.63, 3.8) is 0 Å². The molecule has 1 aromatic carbocycles. The molecule has 0 aliphatic rings. The standard InChI is InChI=1S/C15H22N2O4/c1-10(2)14(18)16-8-9-17-15(19)11-6-5-7-12(20-3)13(11)21-4/h5-7,10H,8-9H2,1-4H3,(H,16,18)(H,17,19). The van der Waals surface area contributed by atoms with E-state index < -0.39 is 0 Å². The van der Waals surface area contributed by atoms with Gasteiger partial charge in [-0.1, -0.05) is 19.9 Å². The summed E-state index contributed by atoms with van der Waals surface area (Å²) in [6, 6.07) is 5.10. The van der Waals surface area contributed by atoms with Crippen LogP contribution in [-0.2, 0) is 4.79 Å². The van der Waals surface area contributed by atoms with Gasteiger partial charge >= 0.3 is 0 Å². The molecule has 0 fully saturated rings. The topological polar surface area (TPSA) is 76.7 Å². The van der Waals surface area contributed by atoms with E-state index in [0.29, 0.717) is 30.2 Å². The maximum Gasteiger partial charge on any atom is 0.255 e. The van der Waals surface area contributed by atoms with Crippen molar-refractivity contribution in [2.75, 3.05) is 27.3 Å². The molecule has 0 saturated heterocycles. The van der Waals surface area contributed by atoms with E-state index in [1.165, 1.54) is 14.2 Å². The number of amides is 2. The van der Waals surface area contributed by atoms with E-state index >= 15 is 0 Å². The highest BCUT2D eigenvalue weighted by Crippen LogP contribution is 2.30. The van der Waals surface area contributed by atoms with Crippen molar-refractivity contribution in [1.82, 2.24) is 10.6 Å². The summed E-state index contributed by atoms with van der Waals surface area (Å²) in [5, 5.41) is 5.46. The van der Waals surface area contributed by atoms with Crippen LogP contribution >= 0.6 is 0 Å². The smallest absolute Gasteiger partial charge is 0.255 e. The third kappa shape index (κ3) is 4.66. The van der Waals surface area contributed by atoms with Gasteiger partial charge in [0.15, 0.2) is 11.5 Å². The molecular weight excluding hydrogens is 272 g/mol. The molecule has 0 unspecified atom stereocenters. The summed E-state index contributed by atoms with van der Waals surface area (Å²) in [6.45, 7) is 4.36.